The lowest BCUT2D eigenvalue weighted by Gasteiger charge is -2.29. The zero-order chi connectivity index (χ0) is 15.5. The summed E-state index contributed by atoms with van der Waals surface area (Å²) in [6.07, 6.45) is 0.865. The fourth-order valence-corrected chi connectivity index (χ4v) is 2.59. The first-order valence-corrected chi connectivity index (χ1v) is 7.16. The number of carbonyl (C=O) groups is 2. The van der Waals surface area contributed by atoms with Gasteiger partial charge < -0.3 is 16.0 Å². The van der Waals surface area contributed by atoms with Gasteiger partial charge in [-0.25, -0.2) is 4.79 Å². The summed E-state index contributed by atoms with van der Waals surface area (Å²) in [5.41, 5.74) is 8.75. The third-order valence-corrected chi connectivity index (χ3v) is 3.84. The molecule has 5 nitrogen and oxygen atoms in total. The van der Waals surface area contributed by atoms with Gasteiger partial charge in [-0.2, -0.15) is 0 Å². The molecular weight excluding hydrogens is 278 g/mol. The van der Waals surface area contributed by atoms with Gasteiger partial charge in [0.2, 0.25) is 5.91 Å². The van der Waals surface area contributed by atoms with Crippen LogP contribution in [0.4, 0.5) is 10.5 Å². The van der Waals surface area contributed by atoms with E-state index in [0.717, 1.165) is 6.42 Å². The zero-order valence-corrected chi connectivity index (χ0v) is 12.1. The summed E-state index contributed by atoms with van der Waals surface area (Å²) in [5.74, 6) is -0.481. The van der Waals surface area contributed by atoms with E-state index in [1.807, 2.05) is 12.1 Å². The molecule has 0 unspecified atom stereocenters. The Kier molecular flexibility index (Phi) is 3.78. The Morgan fingerprint density at radius 1 is 1.00 bits per heavy atom. The molecule has 0 aliphatic carbocycles. The molecule has 1 aliphatic heterocycles. The third-order valence-electron chi connectivity index (χ3n) is 3.84. The zero-order valence-electron chi connectivity index (χ0n) is 12.1. The molecule has 1 heterocycles. The van der Waals surface area contributed by atoms with Gasteiger partial charge in [-0.1, -0.05) is 24.3 Å². The van der Waals surface area contributed by atoms with Crippen LogP contribution in [-0.2, 0) is 13.0 Å². The number of nitrogens with one attached hydrogen (secondary N) is 1. The summed E-state index contributed by atoms with van der Waals surface area (Å²) in [5, 5.41) is 2.84. The van der Waals surface area contributed by atoms with Crippen LogP contribution in [-0.4, -0.2) is 23.4 Å². The average Bonchev–Trinajstić information content (AvgIpc) is 2.55. The molecule has 0 radical (unpaired) electrons. The highest BCUT2D eigenvalue weighted by Gasteiger charge is 2.20. The lowest BCUT2D eigenvalue weighted by molar-refractivity contribution is 0.100. The van der Waals surface area contributed by atoms with Crippen molar-refractivity contribution in [1.82, 2.24) is 4.90 Å². The van der Waals surface area contributed by atoms with E-state index in [-0.39, 0.29) is 6.03 Å². The molecule has 0 spiro atoms. The summed E-state index contributed by atoms with van der Waals surface area (Å²) in [6.45, 7) is 1.31. The minimum absolute atomic E-state index is 0.138. The van der Waals surface area contributed by atoms with Crippen LogP contribution in [0.5, 0.6) is 0 Å². The first kappa shape index (κ1) is 14.1. The van der Waals surface area contributed by atoms with Crippen molar-refractivity contribution < 1.29 is 9.59 Å². The highest BCUT2D eigenvalue weighted by Crippen LogP contribution is 2.19. The second kappa shape index (κ2) is 5.89. The average molecular weight is 295 g/mol. The Morgan fingerprint density at radius 3 is 2.36 bits per heavy atom. The minimum Gasteiger partial charge on any atom is -0.366 e. The van der Waals surface area contributed by atoms with Crippen molar-refractivity contribution in [3.05, 3.63) is 65.2 Å². The molecule has 1 aliphatic rings. The number of hydrogen-bond donors (Lipinski definition) is 2. The first-order valence-electron chi connectivity index (χ1n) is 7.16. The highest BCUT2D eigenvalue weighted by molar-refractivity contribution is 5.94. The monoisotopic (exact) mass is 295 g/mol. The minimum atomic E-state index is -0.481. The lowest BCUT2D eigenvalue weighted by Crippen LogP contribution is -2.38. The predicted molar refractivity (Wildman–Crippen MR) is 84.5 cm³/mol. The van der Waals surface area contributed by atoms with Gasteiger partial charge in [0, 0.05) is 24.3 Å². The van der Waals surface area contributed by atoms with Crippen molar-refractivity contribution in [2.45, 2.75) is 13.0 Å². The third kappa shape index (κ3) is 2.93. The number of primary amides is 1. The Hall–Kier alpha value is -2.82. The van der Waals surface area contributed by atoms with E-state index in [4.69, 9.17) is 5.73 Å². The fraction of sp³-hybridized carbons (Fsp3) is 0.176. The van der Waals surface area contributed by atoms with Gasteiger partial charge in [0.05, 0.1) is 0 Å². The number of carbonyl (C=O) groups excluding carboxylic acids is 2. The molecule has 3 N–H and O–H groups in total. The number of rotatable bonds is 2. The first-order chi connectivity index (χ1) is 10.6. The number of fused-ring (bicyclic) bond motifs is 1. The number of anilines is 1. The molecule has 0 saturated heterocycles. The van der Waals surface area contributed by atoms with E-state index in [1.54, 1.807) is 29.2 Å². The quantitative estimate of drug-likeness (QED) is 0.892. The molecule has 112 valence electrons. The number of benzene rings is 2. The van der Waals surface area contributed by atoms with E-state index in [9.17, 15) is 9.59 Å². The summed E-state index contributed by atoms with van der Waals surface area (Å²) in [6, 6.07) is 14.6. The standard InChI is InChI=1S/C17H17N3O2/c18-16(21)13-5-7-15(8-6-13)19-17(22)20-10-9-12-3-1-2-4-14(12)11-20/h1-8H,9-11H2,(H2,18,21)(H,19,22). The topological polar surface area (TPSA) is 75.4 Å². The van der Waals surface area contributed by atoms with Crippen LogP contribution in [0.15, 0.2) is 48.5 Å². The molecule has 22 heavy (non-hydrogen) atoms. The molecule has 5 heteroatoms. The van der Waals surface area contributed by atoms with Gasteiger partial charge >= 0.3 is 6.03 Å². The normalized spacial score (nSPS) is 13.4. The molecule has 2 aromatic rings. The van der Waals surface area contributed by atoms with Gasteiger partial charge in [0.1, 0.15) is 0 Å². The molecule has 3 rings (SSSR count). The Labute approximate surface area is 128 Å². The summed E-state index contributed by atoms with van der Waals surface area (Å²) >= 11 is 0. The van der Waals surface area contributed by atoms with Crippen molar-refractivity contribution in [3.8, 4) is 0 Å². The Balaban J connectivity index is 1.66. The molecule has 0 saturated carbocycles. The number of urea groups is 1. The summed E-state index contributed by atoms with van der Waals surface area (Å²) in [4.78, 5) is 25.1. The number of nitrogens with two attached hydrogens (primary N) is 1. The van der Waals surface area contributed by atoms with Gasteiger partial charge in [-0.3, -0.25) is 4.79 Å². The lowest BCUT2D eigenvalue weighted by atomic mass is 10.0. The van der Waals surface area contributed by atoms with Gasteiger partial charge in [-0.05, 0) is 41.8 Å². The number of nitrogens with zero attached hydrogens (tertiary/aromatic N) is 1. The van der Waals surface area contributed by atoms with E-state index >= 15 is 0 Å². The van der Waals surface area contributed by atoms with Crippen LogP contribution in [0.3, 0.4) is 0 Å². The maximum absolute atomic E-state index is 12.3. The fourth-order valence-electron chi connectivity index (χ4n) is 2.59. The van der Waals surface area contributed by atoms with E-state index < -0.39 is 5.91 Å². The molecule has 2 aromatic carbocycles. The SMILES string of the molecule is NC(=O)c1ccc(NC(=O)N2CCc3ccccc3C2)cc1. The molecule has 3 amide bonds. The highest BCUT2D eigenvalue weighted by atomic mass is 16.2. The Morgan fingerprint density at radius 2 is 1.68 bits per heavy atom. The molecule has 0 bridgehead atoms. The van der Waals surface area contributed by atoms with Crippen molar-refractivity contribution in [2.75, 3.05) is 11.9 Å². The summed E-state index contributed by atoms with van der Waals surface area (Å²) < 4.78 is 0. The van der Waals surface area contributed by atoms with E-state index in [1.165, 1.54) is 11.1 Å². The van der Waals surface area contributed by atoms with Crippen LogP contribution in [0.1, 0.15) is 21.5 Å². The molecule has 0 fully saturated rings. The maximum atomic E-state index is 12.3. The second-order valence-corrected chi connectivity index (χ2v) is 5.31. The van der Waals surface area contributed by atoms with Crippen LogP contribution < -0.4 is 11.1 Å². The van der Waals surface area contributed by atoms with Gasteiger partial charge in [-0.15, -0.1) is 0 Å². The summed E-state index contributed by atoms with van der Waals surface area (Å²) in [7, 11) is 0. The largest absolute Gasteiger partial charge is 0.366 e. The van der Waals surface area contributed by atoms with Crippen molar-refractivity contribution in [2.24, 2.45) is 5.73 Å². The predicted octanol–water partition coefficient (Wildman–Crippen LogP) is 2.38. The van der Waals surface area contributed by atoms with Gasteiger partial charge in [0.15, 0.2) is 0 Å². The smallest absolute Gasteiger partial charge is 0.322 e. The number of amides is 3. The van der Waals surface area contributed by atoms with Crippen LogP contribution in [0.2, 0.25) is 0 Å². The van der Waals surface area contributed by atoms with Gasteiger partial charge in [0.25, 0.3) is 0 Å². The maximum Gasteiger partial charge on any atom is 0.322 e. The van der Waals surface area contributed by atoms with Crippen LogP contribution in [0, 0.1) is 0 Å². The van der Waals surface area contributed by atoms with E-state index in [0.29, 0.717) is 24.3 Å². The second-order valence-electron chi connectivity index (χ2n) is 5.31. The molecular formula is C17H17N3O2. The van der Waals surface area contributed by atoms with Crippen LogP contribution >= 0.6 is 0 Å². The molecule has 0 aromatic heterocycles. The Bertz CT molecular complexity index is 710. The van der Waals surface area contributed by atoms with E-state index in [2.05, 4.69) is 17.4 Å². The molecule has 0 atom stereocenters. The number of hydrogen-bond acceptors (Lipinski definition) is 2. The van der Waals surface area contributed by atoms with Crippen molar-refractivity contribution in [3.63, 3.8) is 0 Å². The van der Waals surface area contributed by atoms with Crippen molar-refractivity contribution in [1.29, 1.82) is 0 Å². The van der Waals surface area contributed by atoms with Crippen LogP contribution in [0.25, 0.3) is 0 Å². The van der Waals surface area contributed by atoms with Crippen molar-refractivity contribution >= 4 is 17.6 Å².